The van der Waals surface area contributed by atoms with Gasteiger partial charge in [-0.05, 0) is 0 Å². The third-order valence-corrected chi connectivity index (χ3v) is 4.38. The van der Waals surface area contributed by atoms with E-state index in [2.05, 4.69) is 6.58 Å². The summed E-state index contributed by atoms with van der Waals surface area (Å²) in [5.41, 5.74) is -1.29. The average molecular weight is 291 g/mol. The number of carboxylic acids is 2. The molecule has 0 aromatic rings. The molecule has 3 aliphatic rings. The van der Waals surface area contributed by atoms with E-state index in [1.54, 1.807) is 18.1 Å². The van der Waals surface area contributed by atoms with Crippen LogP contribution < -0.4 is 0 Å². The van der Waals surface area contributed by atoms with E-state index in [-0.39, 0.29) is 12.2 Å². The fraction of sp³-hybridized carbons (Fsp3) is 0.429. The Balaban J connectivity index is 2.18. The van der Waals surface area contributed by atoms with Crippen molar-refractivity contribution in [3.8, 4) is 0 Å². The molecule has 0 aromatic carbocycles. The summed E-state index contributed by atoms with van der Waals surface area (Å²) in [5.74, 6) is -2.40. The number of ether oxygens (including phenoxy) is 1. The summed E-state index contributed by atoms with van der Waals surface area (Å²) in [7, 11) is 0. The van der Waals surface area contributed by atoms with E-state index < -0.39 is 41.5 Å². The van der Waals surface area contributed by atoms with E-state index in [9.17, 15) is 24.6 Å². The molecule has 2 bridgehead atoms. The summed E-state index contributed by atoms with van der Waals surface area (Å²) in [6.07, 6.45) is 3.87. The van der Waals surface area contributed by atoms with Crippen molar-refractivity contribution in [3.63, 3.8) is 0 Å². The second-order valence-electron chi connectivity index (χ2n) is 5.31. The van der Waals surface area contributed by atoms with Gasteiger partial charge >= 0.3 is 11.9 Å². The van der Waals surface area contributed by atoms with Crippen LogP contribution >= 0.6 is 0 Å². The van der Waals surface area contributed by atoms with E-state index in [4.69, 9.17) is 4.74 Å². The lowest BCUT2D eigenvalue weighted by atomic mass is 9.74. The molecule has 2 fully saturated rings. The minimum absolute atomic E-state index is 0.0292. The van der Waals surface area contributed by atoms with E-state index in [1.807, 2.05) is 0 Å². The van der Waals surface area contributed by atoms with Gasteiger partial charge in [-0.15, -0.1) is 6.58 Å². The fourth-order valence-electron chi connectivity index (χ4n) is 3.74. The largest absolute Gasteiger partial charge is 0.481 e. The first kappa shape index (κ1) is 13.6. The van der Waals surface area contributed by atoms with Gasteiger partial charge in [0.15, 0.2) is 6.04 Å². The Morgan fingerprint density at radius 1 is 1.48 bits per heavy atom. The van der Waals surface area contributed by atoms with Gasteiger partial charge in [0, 0.05) is 6.54 Å². The highest BCUT2D eigenvalue weighted by atomic mass is 16.5. The summed E-state index contributed by atoms with van der Waals surface area (Å²) in [6, 6.07) is -1.16. The summed E-state index contributed by atoms with van der Waals surface area (Å²) >= 11 is 0. The number of rotatable bonds is 4. The number of carbonyl (C=O) groups excluding carboxylic acids is 1. The monoisotopic (exact) mass is 291 g/mol. The van der Waals surface area contributed by atoms with Crippen molar-refractivity contribution in [2.45, 2.75) is 17.7 Å². The Bertz CT molecular complexity index is 619. The van der Waals surface area contributed by atoms with Gasteiger partial charge in [-0.1, -0.05) is 18.2 Å². The molecule has 5 unspecified atom stereocenters. The summed E-state index contributed by atoms with van der Waals surface area (Å²) in [4.78, 5) is 35.8. The quantitative estimate of drug-likeness (QED) is 0.540. The molecule has 0 aromatic heterocycles. The fourth-order valence-corrected chi connectivity index (χ4v) is 3.74. The van der Waals surface area contributed by atoms with Gasteiger partial charge in [0.25, 0.3) is 0 Å². The number of hydrogen-bond acceptors (Lipinski definition) is 5. The van der Waals surface area contributed by atoms with Gasteiger partial charge in [-0.2, -0.15) is 0 Å². The standard InChI is InChI=1S/C14H13NO6/c1-2-5-15-7(6-16)10-9(12(17)18)8-3-4-14(10,21-8)11(15)13(19)20/h2-4,8-11H,1,5H2,(H,17,18)(H,19,20). The van der Waals surface area contributed by atoms with Crippen LogP contribution in [-0.2, 0) is 19.1 Å². The molecule has 2 saturated heterocycles. The van der Waals surface area contributed by atoms with Crippen molar-refractivity contribution in [1.29, 1.82) is 0 Å². The van der Waals surface area contributed by atoms with Crippen molar-refractivity contribution in [2.75, 3.05) is 6.54 Å². The molecule has 5 atom stereocenters. The highest BCUT2D eigenvalue weighted by molar-refractivity contribution is 5.83. The second-order valence-corrected chi connectivity index (χ2v) is 5.31. The maximum atomic E-state index is 11.7. The first-order valence-electron chi connectivity index (χ1n) is 6.43. The molecule has 0 aliphatic carbocycles. The van der Waals surface area contributed by atoms with E-state index in [0.29, 0.717) is 0 Å². The smallest absolute Gasteiger partial charge is 0.329 e. The van der Waals surface area contributed by atoms with Crippen LogP contribution in [0.3, 0.4) is 0 Å². The van der Waals surface area contributed by atoms with Crippen LogP contribution in [0.25, 0.3) is 0 Å². The molecule has 0 saturated carbocycles. The van der Waals surface area contributed by atoms with Crippen LogP contribution in [0.2, 0.25) is 0 Å². The molecule has 3 rings (SSSR count). The molecule has 2 N–H and O–H groups in total. The van der Waals surface area contributed by atoms with Crippen molar-refractivity contribution >= 4 is 17.9 Å². The lowest BCUT2D eigenvalue weighted by molar-refractivity contribution is -0.148. The van der Waals surface area contributed by atoms with Crippen LogP contribution in [0, 0.1) is 11.8 Å². The molecule has 7 heteroatoms. The third-order valence-electron chi connectivity index (χ3n) is 4.38. The molecule has 7 nitrogen and oxygen atoms in total. The number of likely N-dealkylation sites (tertiary alicyclic amines) is 1. The Kier molecular flexibility index (Phi) is 2.79. The SMILES string of the molecule is C=CCN1C(=C=O)C2C(C(=O)O)C3C=CC2(O3)C1C(=O)O. The number of carboxylic acid groups (broad SMARTS) is 2. The Morgan fingerprint density at radius 3 is 2.71 bits per heavy atom. The van der Waals surface area contributed by atoms with Crippen LogP contribution in [0.4, 0.5) is 0 Å². The number of nitrogens with zero attached hydrogens (tertiary/aromatic N) is 1. The molecule has 21 heavy (non-hydrogen) atoms. The molecule has 3 heterocycles. The van der Waals surface area contributed by atoms with Crippen LogP contribution in [0.5, 0.6) is 0 Å². The van der Waals surface area contributed by atoms with Gasteiger partial charge in [-0.3, -0.25) is 4.79 Å². The zero-order valence-electron chi connectivity index (χ0n) is 10.9. The number of hydrogen-bond donors (Lipinski definition) is 2. The third kappa shape index (κ3) is 1.50. The first-order valence-corrected chi connectivity index (χ1v) is 6.43. The van der Waals surface area contributed by atoms with Gasteiger partial charge in [0.2, 0.25) is 0 Å². The van der Waals surface area contributed by atoms with Gasteiger partial charge < -0.3 is 19.8 Å². The van der Waals surface area contributed by atoms with Crippen molar-refractivity contribution < 1.29 is 29.3 Å². The lowest BCUT2D eigenvalue weighted by Gasteiger charge is -2.29. The zero-order valence-corrected chi connectivity index (χ0v) is 10.9. The summed E-state index contributed by atoms with van der Waals surface area (Å²) in [5, 5.41) is 18.9. The van der Waals surface area contributed by atoms with Crippen LogP contribution in [0.1, 0.15) is 0 Å². The number of aliphatic carboxylic acids is 2. The molecule has 110 valence electrons. The van der Waals surface area contributed by atoms with Crippen LogP contribution in [-0.4, -0.2) is 57.3 Å². The molecule has 1 spiro atoms. The average Bonchev–Trinajstić information content (AvgIpc) is 3.02. The van der Waals surface area contributed by atoms with E-state index in [1.165, 1.54) is 11.0 Å². The first-order chi connectivity index (χ1) is 9.97. The van der Waals surface area contributed by atoms with Crippen molar-refractivity contribution in [3.05, 3.63) is 30.5 Å². The lowest BCUT2D eigenvalue weighted by Crippen LogP contribution is -2.50. The van der Waals surface area contributed by atoms with Crippen molar-refractivity contribution in [1.82, 2.24) is 4.90 Å². The van der Waals surface area contributed by atoms with Crippen molar-refractivity contribution in [2.24, 2.45) is 11.8 Å². The highest BCUT2D eigenvalue weighted by Crippen LogP contribution is 2.57. The Labute approximate surface area is 119 Å². The normalized spacial score (nSPS) is 39.2. The second kappa shape index (κ2) is 4.31. The van der Waals surface area contributed by atoms with E-state index >= 15 is 0 Å². The van der Waals surface area contributed by atoms with Gasteiger partial charge in [0.05, 0.1) is 17.9 Å². The minimum atomic E-state index is -1.32. The predicted octanol–water partition coefficient (Wildman–Crippen LogP) is -0.319. The highest BCUT2D eigenvalue weighted by Gasteiger charge is 2.71. The minimum Gasteiger partial charge on any atom is -0.481 e. The maximum Gasteiger partial charge on any atom is 0.329 e. The van der Waals surface area contributed by atoms with E-state index in [0.717, 1.165) is 0 Å². The Hall–Kier alpha value is -2.37. The molecular formula is C14H13NO6. The molecule has 3 aliphatic heterocycles. The maximum absolute atomic E-state index is 11.7. The zero-order chi connectivity index (χ0) is 15.4. The number of fused-ring (bicyclic) bond motifs is 1. The Morgan fingerprint density at radius 2 is 2.19 bits per heavy atom. The predicted molar refractivity (Wildman–Crippen MR) is 68.9 cm³/mol. The topological polar surface area (TPSA) is 104 Å². The molecule has 0 radical (unpaired) electrons. The van der Waals surface area contributed by atoms with Gasteiger partial charge in [0.1, 0.15) is 17.2 Å². The summed E-state index contributed by atoms with van der Waals surface area (Å²) in [6.45, 7) is 3.65. The number of carbonyl (C=O) groups is 2. The summed E-state index contributed by atoms with van der Waals surface area (Å²) < 4.78 is 5.69. The molecular weight excluding hydrogens is 278 g/mol. The van der Waals surface area contributed by atoms with Crippen LogP contribution in [0.15, 0.2) is 30.5 Å². The van der Waals surface area contributed by atoms with Gasteiger partial charge in [-0.25, -0.2) is 9.59 Å². The molecule has 0 amide bonds.